The van der Waals surface area contributed by atoms with E-state index >= 15 is 0 Å². The summed E-state index contributed by atoms with van der Waals surface area (Å²) in [6.45, 7) is 1.09. The van der Waals surface area contributed by atoms with Gasteiger partial charge in [0.05, 0.1) is 40.3 Å². The molecular formula is C18H16ClN3O9. The monoisotopic (exact) mass is 453 g/mol. The zero-order chi connectivity index (χ0) is 23.1. The first-order valence-corrected chi connectivity index (χ1v) is 8.95. The largest absolute Gasteiger partial charge is 0.493 e. The minimum absolute atomic E-state index is 0.0515. The van der Waals surface area contributed by atoms with E-state index in [0.717, 1.165) is 24.3 Å². The standard InChI is InChI=1S/C18H16ClN3O9/c1-3-30-16-7-11(14(22(27)28)8-15(16)29-2)18(24)31-9-17(23)20-13-5-4-10(21(25)26)6-12(13)19/h4-8H,3,9H2,1-2H3,(H,20,23). The number of rotatable bonds is 9. The summed E-state index contributed by atoms with van der Waals surface area (Å²) in [5.74, 6) is -1.81. The molecule has 31 heavy (non-hydrogen) atoms. The molecule has 12 nitrogen and oxygen atoms in total. The number of esters is 1. The second-order valence-corrected chi connectivity index (χ2v) is 6.16. The molecule has 0 bridgehead atoms. The Morgan fingerprint density at radius 1 is 1.10 bits per heavy atom. The number of non-ortho nitro benzene ring substituents is 1. The lowest BCUT2D eigenvalue weighted by atomic mass is 10.1. The molecule has 1 amide bonds. The van der Waals surface area contributed by atoms with Gasteiger partial charge in [-0.2, -0.15) is 0 Å². The van der Waals surface area contributed by atoms with Gasteiger partial charge >= 0.3 is 5.97 Å². The van der Waals surface area contributed by atoms with Crippen molar-refractivity contribution in [2.24, 2.45) is 0 Å². The number of benzene rings is 2. The van der Waals surface area contributed by atoms with Crippen LogP contribution in [0.4, 0.5) is 17.1 Å². The summed E-state index contributed by atoms with van der Waals surface area (Å²) in [4.78, 5) is 45.0. The zero-order valence-corrected chi connectivity index (χ0v) is 17.0. The molecule has 2 rings (SSSR count). The molecule has 0 aromatic heterocycles. The summed E-state index contributed by atoms with van der Waals surface area (Å²) in [6, 6.07) is 5.48. The van der Waals surface area contributed by atoms with Gasteiger partial charge in [0.2, 0.25) is 0 Å². The van der Waals surface area contributed by atoms with Crippen LogP contribution in [0.1, 0.15) is 17.3 Å². The quantitative estimate of drug-likeness (QED) is 0.341. The SMILES string of the molecule is CCOc1cc(C(=O)OCC(=O)Nc2ccc([N+](=O)[O-])cc2Cl)c([N+](=O)[O-])cc1OC. The molecule has 0 heterocycles. The smallest absolute Gasteiger partial charge is 0.345 e. The molecule has 0 aliphatic heterocycles. The number of halogens is 1. The Balaban J connectivity index is 2.14. The average Bonchev–Trinajstić information content (AvgIpc) is 2.73. The number of amides is 1. The number of anilines is 1. The van der Waals surface area contributed by atoms with E-state index in [1.165, 1.54) is 13.2 Å². The van der Waals surface area contributed by atoms with Crippen molar-refractivity contribution < 1.29 is 33.6 Å². The number of methoxy groups -OCH3 is 1. The second kappa shape index (κ2) is 10.2. The lowest BCUT2D eigenvalue weighted by Gasteiger charge is -2.12. The number of carbonyl (C=O) groups excluding carboxylic acids is 2. The third-order valence-corrected chi connectivity index (χ3v) is 4.08. The third kappa shape index (κ3) is 5.79. The van der Waals surface area contributed by atoms with Crippen molar-refractivity contribution in [3.8, 4) is 11.5 Å². The normalized spacial score (nSPS) is 10.2. The van der Waals surface area contributed by atoms with Gasteiger partial charge in [0.15, 0.2) is 18.1 Å². The first-order chi connectivity index (χ1) is 14.7. The van der Waals surface area contributed by atoms with Crippen LogP contribution >= 0.6 is 11.6 Å². The molecule has 0 fully saturated rings. The number of hydrogen-bond donors (Lipinski definition) is 1. The summed E-state index contributed by atoms with van der Waals surface area (Å²) >= 11 is 5.88. The van der Waals surface area contributed by atoms with Gasteiger partial charge < -0.3 is 19.5 Å². The highest BCUT2D eigenvalue weighted by Gasteiger charge is 2.26. The molecule has 0 radical (unpaired) electrons. The molecule has 0 atom stereocenters. The van der Waals surface area contributed by atoms with E-state index in [9.17, 15) is 29.8 Å². The summed E-state index contributed by atoms with van der Waals surface area (Å²) in [6.07, 6.45) is 0. The van der Waals surface area contributed by atoms with E-state index in [1.807, 2.05) is 0 Å². The Bertz CT molecular complexity index is 1040. The Morgan fingerprint density at radius 3 is 2.35 bits per heavy atom. The van der Waals surface area contributed by atoms with Gasteiger partial charge in [0.25, 0.3) is 17.3 Å². The molecule has 164 valence electrons. The van der Waals surface area contributed by atoms with E-state index < -0.39 is 39.6 Å². The second-order valence-electron chi connectivity index (χ2n) is 5.76. The molecule has 1 N–H and O–H groups in total. The predicted octanol–water partition coefficient (Wildman–Crippen LogP) is 3.36. The number of nitro benzene ring substituents is 2. The first-order valence-electron chi connectivity index (χ1n) is 8.58. The van der Waals surface area contributed by atoms with Crippen LogP contribution in [0.3, 0.4) is 0 Å². The van der Waals surface area contributed by atoms with Crippen LogP contribution < -0.4 is 14.8 Å². The van der Waals surface area contributed by atoms with E-state index in [1.54, 1.807) is 6.92 Å². The van der Waals surface area contributed by atoms with Gasteiger partial charge in [-0.1, -0.05) is 11.6 Å². The highest BCUT2D eigenvalue weighted by atomic mass is 35.5. The summed E-state index contributed by atoms with van der Waals surface area (Å²) in [5, 5.41) is 24.3. The van der Waals surface area contributed by atoms with Crippen LogP contribution in [0.2, 0.25) is 5.02 Å². The van der Waals surface area contributed by atoms with Crippen LogP contribution in [0, 0.1) is 20.2 Å². The van der Waals surface area contributed by atoms with Crippen LogP contribution in [0.15, 0.2) is 30.3 Å². The molecule has 2 aromatic rings. The number of hydrogen-bond acceptors (Lipinski definition) is 9. The van der Waals surface area contributed by atoms with Gasteiger partial charge in [-0.15, -0.1) is 0 Å². The highest BCUT2D eigenvalue weighted by Crippen LogP contribution is 2.35. The Hall–Kier alpha value is -3.93. The van der Waals surface area contributed by atoms with Crippen LogP contribution in [0.5, 0.6) is 11.5 Å². The van der Waals surface area contributed by atoms with Crippen molar-refractivity contribution in [2.45, 2.75) is 6.92 Å². The van der Waals surface area contributed by atoms with E-state index in [-0.39, 0.29) is 34.5 Å². The maximum Gasteiger partial charge on any atom is 0.345 e. The average molecular weight is 454 g/mol. The lowest BCUT2D eigenvalue weighted by molar-refractivity contribution is -0.385. The van der Waals surface area contributed by atoms with Gasteiger partial charge in [-0.05, 0) is 13.0 Å². The molecule has 0 saturated heterocycles. The molecule has 0 saturated carbocycles. The fraction of sp³-hybridized carbons (Fsp3) is 0.222. The molecule has 0 aliphatic carbocycles. The highest BCUT2D eigenvalue weighted by molar-refractivity contribution is 6.34. The fourth-order valence-electron chi connectivity index (χ4n) is 2.41. The Kier molecular flexibility index (Phi) is 7.69. The molecule has 0 aliphatic rings. The summed E-state index contributed by atoms with van der Waals surface area (Å²) in [5.41, 5.74) is -1.24. The fourth-order valence-corrected chi connectivity index (χ4v) is 2.63. The third-order valence-electron chi connectivity index (χ3n) is 3.77. The van der Waals surface area contributed by atoms with Crippen molar-refractivity contribution in [3.05, 3.63) is 61.1 Å². The van der Waals surface area contributed by atoms with Gasteiger partial charge in [-0.25, -0.2) is 4.79 Å². The van der Waals surface area contributed by atoms with E-state index in [2.05, 4.69) is 5.32 Å². The van der Waals surface area contributed by atoms with Crippen molar-refractivity contribution >= 4 is 40.5 Å². The Morgan fingerprint density at radius 2 is 1.81 bits per heavy atom. The Labute approximate surface area is 180 Å². The van der Waals surface area contributed by atoms with Crippen LogP contribution in [-0.2, 0) is 9.53 Å². The number of nitrogens with one attached hydrogen (secondary N) is 1. The molecule has 2 aromatic carbocycles. The lowest BCUT2D eigenvalue weighted by Crippen LogP contribution is -2.21. The number of ether oxygens (including phenoxy) is 3. The molecule has 13 heteroatoms. The number of carbonyl (C=O) groups is 2. The predicted molar refractivity (Wildman–Crippen MR) is 108 cm³/mol. The maximum absolute atomic E-state index is 12.4. The molecule has 0 spiro atoms. The first kappa shape index (κ1) is 23.3. The van der Waals surface area contributed by atoms with Crippen molar-refractivity contribution in [1.29, 1.82) is 0 Å². The van der Waals surface area contributed by atoms with Gasteiger partial charge in [0.1, 0.15) is 5.56 Å². The van der Waals surface area contributed by atoms with E-state index in [4.69, 9.17) is 25.8 Å². The summed E-state index contributed by atoms with van der Waals surface area (Å²) < 4.78 is 15.2. The van der Waals surface area contributed by atoms with Crippen LogP contribution in [0.25, 0.3) is 0 Å². The van der Waals surface area contributed by atoms with Crippen molar-refractivity contribution in [2.75, 3.05) is 25.6 Å². The van der Waals surface area contributed by atoms with Crippen LogP contribution in [-0.4, -0.2) is 42.0 Å². The van der Waals surface area contributed by atoms with Crippen molar-refractivity contribution in [3.63, 3.8) is 0 Å². The summed E-state index contributed by atoms with van der Waals surface area (Å²) in [7, 11) is 1.28. The topological polar surface area (TPSA) is 160 Å². The molecule has 0 unspecified atom stereocenters. The molecular weight excluding hydrogens is 438 g/mol. The van der Waals surface area contributed by atoms with Gasteiger partial charge in [-0.3, -0.25) is 25.0 Å². The number of nitrogens with zero attached hydrogens (tertiary/aromatic N) is 2. The van der Waals surface area contributed by atoms with E-state index in [0.29, 0.717) is 0 Å². The number of nitro groups is 2. The minimum atomic E-state index is -1.14. The minimum Gasteiger partial charge on any atom is -0.493 e. The zero-order valence-electron chi connectivity index (χ0n) is 16.2. The van der Waals surface area contributed by atoms with Gasteiger partial charge in [0, 0.05) is 18.2 Å². The maximum atomic E-state index is 12.4. The van der Waals surface area contributed by atoms with Crippen molar-refractivity contribution in [1.82, 2.24) is 0 Å².